The Labute approximate surface area is 147 Å². The molecule has 1 heterocycles. The maximum Gasteiger partial charge on any atom is 0.272 e. The van der Waals surface area contributed by atoms with E-state index in [4.69, 9.17) is 0 Å². The molecule has 0 aliphatic heterocycles. The van der Waals surface area contributed by atoms with Gasteiger partial charge >= 0.3 is 0 Å². The van der Waals surface area contributed by atoms with Gasteiger partial charge in [-0.1, -0.05) is 23.5 Å². The SMILES string of the molecule is Cc1cccc2sc(=NC(=O)/C=C/c3ccc([N+](=O)[O-])cc3)n(C)c12. The number of hydrogen-bond donors (Lipinski definition) is 0. The third kappa shape index (κ3) is 3.56. The Balaban J connectivity index is 1.87. The molecule has 0 bridgehead atoms. The van der Waals surface area contributed by atoms with Crippen LogP contribution in [0.1, 0.15) is 11.1 Å². The average molecular weight is 353 g/mol. The molecule has 0 aliphatic rings. The maximum absolute atomic E-state index is 12.1. The van der Waals surface area contributed by atoms with Crippen molar-refractivity contribution in [1.82, 2.24) is 4.57 Å². The number of benzene rings is 2. The quantitative estimate of drug-likeness (QED) is 0.410. The zero-order valence-electron chi connectivity index (χ0n) is 13.7. The fraction of sp³-hybridized carbons (Fsp3) is 0.111. The summed E-state index contributed by atoms with van der Waals surface area (Å²) in [6.07, 6.45) is 2.95. The molecule has 0 unspecified atom stereocenters. The van der Waals surface area contributed by atoms with E-state index >= 15 is 0 Å². The summed E-state index contributed by atoms with van der Waals surface area (Å²) in [6.45, 7) is 2.02. The summed E-state index contributed by atoms with van der Waals surface area (Å²) in [6, 6.07) is 12.0. The highest BCUT2D eigenvalue weighted by Gasteiger charge is 2.06. The van der Waals surface area contributed by atoms with Crippen molar-refractivity contribution in [2.45, 2.75) is 6.92 Å². The van der Waals surface area contributed by atoms with Crippen molar-refractivity contribution in [2.24, 2.45) is 12.0 Å². The van der Waals surface area contributed by atoms with Crippen molar-refractivity contribution >= 4 is 39.2 Å². The maximum atomic E-state index is 12.1. The van der Waals surface area contributed by atoms with Crippen LogP contribution in [0.5, 0.6) is 0 Å². The monoisotopic (exact) mass is 353 g/mol. The summed E-state index contributed by atoms with van der Waals surface area (Å²) in [4.78, 5) is 27.0. The second-order valence-electron chi connectivity index (χ2n) is 5.50. The Morgan fingerprint density at radius 3 is 2.60 bits per heavy atom. The van der Waals surface area contributed by atoms with Crippen LogP contribution in [-0.2, 0) is 11.8 Å². The van der Waals surface area contributed by atoms with Crippen LogP contribution >= 0.6 is 11.3 Å². The number of carbonyl (C=O) groups is 1. The van der Waals surface area contributed by atoms with Gasteiger partial charge < -0.3 is 4.57 Å². The number of non-ortho nitro benzene ring substituents is 1. The summed E-state index contributed by atoms with van der Waals surface area (Å²) < 4.78 is 2.99. The Morgan fingerprint density at radius 1 is 1.24 bits per heavy atom. The summed E-state index contributed by atoms with van der Waals surface area (Å²) >= 11 is 1.46. The number of nitro groups is 1. The van der Waals surface area contributed by atoms with E-state index in [0.29, 0.717) is 10.4 Å². The van der Waals surface area contributed by atoms with E-state index in [2.05, 4.69) is 4.99 Å². The number of thiazole rings is 1. The molecule has 25 heavy (non-hydrogen) atoms. The molecule has 0 spiro atoms. The lowest BCUT2D eigenvalue weighted by molar-refractivity contribution is -0.384. The van der Waals surface area contributed by atoms with Crippen molar-refractivity contribution in [1.29, 1.82) is 0 Å². The molecule has 0 N–H and O–H groups in total. The summed E-state index contributed by atoms with van der Waals surface area (Å²) in [5.41, 5.74) is 2.91. The highest BCUT2D eigenvalue weighted by Crippen LogP contribution is 2.19. The first-order chi connectivity index (χ1) is 12.0. The van der Waals surface area contributed by atoms with E-state index < -0.39 is 4.92 Å². The van der Waals surface area contributed by atoms with E-state index in [1.165, 1.54) is 29.5 Å². The average Bonchev–Trinajstić information content (AvgIpc) is 2.90. The van der Waals surface area contributed by atoms with E-state index in [0.717, 1.165) is 15.8 Å². The normalized spacial score (nSPS) is 12.2. The van der Waals surface area contributed by atoms with Gasteiger partial charge in [0.2, 0.25) is 0 Å². The van der Waals surface area contributed by atoms with Crippen LogP contribution in [0.15, 0.2) is 53.5 Å². The van der Waals surface area contributed by atoms with E-state index in [1.54, 1.807) is 18.2 Å². The number of aryl methyl sites for hydroxylation is 2. The Hall–Kier alpha value is -3.06. The predicted octanol–water partition coefficient (Wildman–Crippen LogP) is 3.60. The van der Waals surface area contributed by atoms with Gasteiger partial charge in [0.15, 0.2) is 4.80 Å². The molecule has 0 radical (unpaired) electrons. The smallest absolute Gasteiger partial charge is 0.272 e. The third-order valence-corrected chi connectivity index (χ3v) is 4.85. The number of hydrogen-bond acceptors (Lipinski definition) is 4. The zero-order chi connectivity index (χ0) is 18.0. The van der Waals surface area contributed by atoms with Crippen molar-refractivity contribution < 1.29 is 9.72 Å². The minimum Gasteiger partial charge on any atom is -0.319 e. The van der Waals surface area contributed by atoms with E-state index in [-0.39, 0.29) is 11.6 Å². The van der Waals surface area contributed by atoms with Crippen LogP contribution in [0.3, 0.4) is 0 Å². The Morgan fingerprint density at radius 2 is 1.96 bits per heavy atom. The van der Waals surface area contributed by atoms with Crippen molar-refractivity contribution in [3.8, 4) is 0 Å². The first-order valence-corrected chi connectivity index (χ1v) is 8.34. The zero-order valence-corrected chi connectivity index (χ0v) is 14.5. The molecule has 6 nitrogen and oxygen atoms in total. The fourth-order valence-electron chi connectivity index (χ4n) is 2.51. The molecule has 7 heteroatoms. The number of aromatic nitrogens is 1. The molecule has 0 fully saturated rings. The highest BCUT2D eigenvalue weighted by atomic mass is 32.1. The number of para-hydroxylation sites is 1. The third-order valence-electron chi connectivity index (χ3n) is 3.75. The van der Waals surface area contributed by atoms with Crippen LogP contribution in [0.4, 0.5) is 5.69 Å². The number of carbonyl (C=O) groups excluding carboxylic acids is 1. The lowest BCUT2D eigenvalue weighted by Crippen LogP contribution is -2.12. The molecular formula is C18H15N3O3S. The molecule has 0 aliphatic carbocycles. The molecule has 0 saturated heterocycles. The molecule has 3 aromatic rings. The molecule has 2 aromatic carbocycles. The molecule has 0 saturated carbocycles. The lowest BCUT2D eigenvalue weighted by Gasteiger charge is -1.98. The van der Waals surface area contributed by atoms with Crippen LogP contribution in [0.2, 0.25) is 0 Å². The number of nitrogens with zero attached hydrogens (tertiary/aromatic N) is 3. The largest absolute Gasteiger partial charge is 0.319 e. The van der Waals surface area contributed by atoms with Crippen molar-refractivity contribution in [3.63, 3.8) is 0 Å². The first kappa shape index (κ1) is 16.8. The molecule has 3 rings (SSSR count). The minimum atomic E-state index is -0.461. The predicted molar refractivity (Wildman–Crippen MR) is 98.2 cm³/mol. The molecule has 126 valence electrons. The van der Waals surface area contributed by atoms with Gasteiger partial charge in [-0.25, -0.2) is 0 Å². The van der Waals surface area contributed by atoms with Crippen LogP contribution in [-0.4, -0.2) is 15.4 Å². The van der Waals surface area contributed by atoms with Gasteiger partial charge in [-0.3, -0.25) is 14.9 Å². The standard InChI is InChI=1S/C18H15N3O3S/c1-12-4-3-5-15-17(12)20(2)18(25-15)19-16(22)11-8-13-6-9-14(10-7-13)21(23)24/h3-11H,1-2H3/b11-8+,19-18?. The second kappa shape index (κ2) is 6.82. The minimum absolute atomic E-state index is 0.0147. The molecular weight excluding hydrogens is 338 g/mol. The van der Waals surface area contributed by atoms with Gasteiger partial charge in [-0.2, -0.15) is 4.99 Å². The van der Waals surface area contributed by atoms with Gasteiger partial charge in [0.1, 0.15) is 0 Å². The Kier molecular flexibility index (Phi) is 4.58. The molecule has 1 amide bonds. The summed E-state index contributed by atoms with van der Waals surface area (Å²) in [5, 5.41) is 10.6. The number of rotatable bonds is 3. The number of amides is 1. The van der Waals surface area contributed by atoms with E-state index in [1.807, 2.05) is 36.7 Å². The molecule has 1 aromatic heterocycles. The van der Waals surface area contributed by atoms with Gasteiger partial charge in [0.05, 0.1) is 15.1 Å². The summed E-state index contributed by atoms with van der Waals surface area (Å²) in [5.74, 6) is -0.377. The molecule has 0 atom stereocenters. The number of nitro benzene ring substituents is 1. The van der Waals surface area contributed by atoms with Crippen LogP contribution in [0.25, 0.3) is 16.3 Å². The highest BCUT2D eigenvalue weighted by molar-refractivity contribution is 7.16. The van der Waals surface area contributed by atoms with Crippen LogP contribution < -0.4 is 4.80 Å². The topological polar surface area (TPSA) is 77.5 Å². The first-order valence-electron chi connectivity index (χ1n) is 7.52. The van der Waals surface area contributed by atoms with Gasteiger partial charge in [0, 0.05) is 25.3 Å². The van der Waals surface area contributed by atoms with Gasteiger partial charge in [0.25, 0.3) is 11.6 Å². The van der Waals surface area contributed by atoms with Crippen molar-refractivity contribution in [2.75, 3.05) is 0 Å². The lowest BCUT2D eigenvalue weighted by atomic mass is 10.2. The van der Waals surface area contributed by atoms with Crippen LogP contribution in [0, 0.1) is 17.0 Å². The number of fused-ring (bicyclic) bond motifs is 1. The summed E-state index contributed by atoms with van der Waals surface area (Å²) in [7, 11) is 1.89. The second-order valence-corrected chi connectivity index (χ2v) is 6.51. The Bertz CT molecular complexity index is 1060. The van der Waals surface area contributed by atoms with Gasteiger partial charge in [-0.05, 0) is 42.3 Å². The van der Waals surface area contributed by atoms with Gasteiger partial charge in [-0.15, -0.1) is 0 Å². The van der Waals surface area contributed by atoms with E-state index in [9.17, 15) is 14.9 Å². The van der Waals surface area contributed by atoms with Crippen molar-refractivity contribution in [3.05, 3.63) is 74.6 Å². The fourth-order valence-corrected chi connectivity index (χ4v) is 3.61.